The second kappa shape index (κ2) is 5.32. The van der Waals surface area contributed by atoms with E-state index in [1.54, 1.807) is 24.1 Å². The molecule has 1 aromatic heterocycles. The maximum atomic E-state index is 7.56. The molecule has 2 aromatic rings. The first-order valence-corrected chi connectivity index (χ1v) is 6.10. The molecule has 0 unspecified atom stereocenters. The standard InChI is InChI=1S/C13H15ClN4O/c1-8-11(14)6-17-18(8)7-9-3-4-12(19-2)10(5-9)13(15)16/h3-6H,7H2,1-2H3,(H3,15,16). The number of hydrogen-bond donors (Lipinski definition) is 2. The zero-order chi connectivity index (χ0) is 14.0. The van der Waals surface area contributed by atoms with E-state index in [0.29, 0.717) is 22.9 Å². The Kier molecular flexibility index (Phi) is 3.76. The third-order valence-corrected chi connectivity index (χ3v) is 3.30. The van der Waals surface area contributed by atoms with Crippen LogP contribution < -0.4 is 10.5 Å². The van der Waals surface area contributed by atoms with Gasteiger partial charge in [0.1, 0.15) is 11.6 Å². The predicted octanol–water partition coefficient (Wildman–Crippen LogP) is 2.19. The highest BCUT2D eigenvalue weighted by atomic mass is 35.5. The summed E-state index contributed by atoms with van der Waals surface area (Å²) < 4.78 is 6.97. The van der Waals surface area contributed by atoms with Gasteiger partial charge in [0, 0.05) is 0 Å². The number of aromatic nitrogens is 2. The van der Waals surface area contributed by atoms with Crippen LogP contribution in [0, 0.1) is 12.3 Å². The molecule has 1 heterocycles. The quantitative estimate of drug-likeness (QED) is 0.665. The number of nitrogen functional groups attached to an aromatic ring is 1. The van der Waals surface area contributed by atoms with Crippen LogP contribution in [0.1, 0.15) is 16.8 Å². The molecule has 100 valence electrons. The van der Waals surface area contributed by atoms with Gasteiger partial charge in [-0.2, -0.15) is 5.10 Å². The molecule has 19 heavy (non-hydrogen) atoms. The fourth-order valence-electron chi connectivity index (χ4n) is 1.82. The van der Waals surface area contributed by atoms with Gasteiger partial charge in [0.05, 0.1) is 36.1 Å². The molecule has 0 aliphatic rings. The lowest BCUT2D eigenvalue weighted by Gasteiger charge is -2.10. The van der Waals surface area contributed by atoms with E-state index < -0.39 is 0 Å². The van der Waals surface area contributed by atoms with Gasteiger partial charge in [-0.05, 0) is 24.6 Å². The van der Waals surface area contributed by atoms with Crippen LogP contribution in [0.3, 0.4) is 0 Å². The minimum Gasteiger partial charge on any atom is -0.496 e. The SMILES string of the molecule is COc1ccc(Cn2ncc(Cl)c2C)cc1C(=N)N. The van der Waals surface area contributed by atoms with Crippen molar-refractivity contribution >= 4 is 17.4 Å². The Morgan fingerprint density at radius 3 is 2.79 bits per heavy atom. The third kappa shape index (κ3) is 2.71. The zero-order valence-electron chi connectivity index (χ0n) is 10.8. The van der Waals surface area contributed by atoms with Crippen LogP contribution in [0.4, 0.5) is 0 Å². The van der Waals surface area contributed by atoms with Crippen molar-refractivity contribution in [2.75, 3.05) is 7.11 Å². The number of ether oxygens (including phenoxy) is 1. The Morgan fingerprint density at radius 1 is 1.53 bits per heavy atom. The van der Waals surface area contributed by atoms with Crippen LogP contribution in [-0.2, 0) is 6.54 Å². The molecule has 0 fully saturated rings. The normalized spacial score (nSPS) is 10.5. The molecular weight excluding hydrogens is 264 g/mol. The van der Waals surface area contributed by atoms with Crippen LogP contribution in [0.5, 0.6) is 5.75 Å². The van der Waals surface area contributed by atoms with Crippen LogP contribution in [0.25, 0.3) is 0 Å². The minimum atomic E-state index is -0.0195. The van der Waals surface area contributed by atoms with E-state index in [1.165, 1.54) is 0 Å². The smallest absolute Gasteiger partial charge is 0.129 e. The highest BCUT2D eigenvalue weighted by Crippen LogP contribution is 2.21. The van der Waals surface area contributed by atoms with Crippen molar-refractivity contribution in [3.8, 4) is 5.75 Å². The van der Waals surface area contributed by atoms with E-state index >= 15 is 0 Å². The van der Waals surface area contributed by atoms with E-state index in [-0.39, 0.29) is 5.84 Å². The molecule has 3 N–H and O–H groups in total. The van der Waals surface area contributed by atoms with Gasteiger partial charge in [0.2, 0.25) is 0 Å². The molecule has 6 heteroatoms. The monoisotopic (exact) mass is 278 g/mol. The van der Waals surface area contributed by atoms with E-state index in [4.69, 9.17) is 27.5 Å². The summed E-state index contributed by atoms with van der Waals surface area (Å²) in [6.45, 7) is 2.48. The lowest BCUT2D eigenvalue weighted by atomic mass is 10.1. The van der Waals surface area contributed by atoms with Crippen molar-refractivity contribution in [1.82, 2.24) is 9.78 Å². The maximum Gasteiger partial charge on any atom is 0.129 e. The number of rotatable bonds is 4. The van der Waals surface area contributed by atoms with Crippen LogP contribution in [0.15, 0.2) is 24.4 Å². The van der Waals surface area contributed by atoms with Crippen molar-refractivity contribution < 1.29 is 4.74 Å². The summed E-state index contributed by atoms with van der Waals surface area (Å²) in [7, 11) is 1.55. The number of amidine groups is 1. The van der Waals surface area contributed by atoms with Crippen molar-refractivity contribution in [1.29, 1.82) is 5.41 Å². The third-order valence-electron chi connectivity index (χ3n) is 2.93. The molecule has 0 atom stereocenters. The zero-order valence-corrected chi connectivity index (χ0v) is 11.5. The van der Waals surface area contributed by atoms with Crippen molar-refractivity contribution in [2.24, 2.45) is 5.73 Å². The number of hydrogen-bond acceptors (Lipinski definition) is 3. The molecule has 2 rings (SSSR count). The Morgan fingerprint density at radius 2 is 2.26 bits per heavy atom. The molecule has 1 aromatic carbocycles. The number of methoxy groups -OCH3 is 1. The molecule has 0 aliphatic carbocycles. The Bertz CT molecular complexity index is 621. The van der Waals surface area contributed by atoms with Gasteiger partial charge in [0.25, 0.3) is 0 Å². The van der Waals surface area contributed by atoms with Gasteiger partial charge in [-0.3, -0.25) is 10.1 Å². The fourth-order valence-corrected chi connectivity index (χ4v) is 1.96. The van der Waals surface area contributed by atoms with Gasteiger partial charge in [-0.1, -0.05) is 17.7 Å². The number of nitrogens with zero attached hydrogens (tertiary/aromatic N) is 2. The van der Waals surface area contributed by atoms with Crippen LogP contribution in [-0.4, -0.2) is 22.7 Å². The summed E-state index contributed by atoms with van der Waals surface area (Å²) in [5.41, 5.74) is 8.01. The van der Waals surface area contributed by atoms with Gasteiger partial charge in [-0.25, -0.2) is 0 Å². The van der Waals surface area contributed by atoms with Gasteiger partial charge >= 0.3 is 0 Å². The molecule has 0 radical (unpaired) electrons. The second-order valence-corrected chi connectivity index (χ2v) is 4.59. The molecule has 0 bridgehead atoms. The summed E-state index contributed by atoms with van der Waals surface area (Å²) in [5.74, 6) is 0.570. The van der Waals surface area contributed by atoms with Gasteiger partial charge < -0.3 is 10.5 Å². The molecule has 0 saturated carbocycles. The van der Waals surface area contributed by atoms with Crippen molar-refractivity contribution in [3.05, 3.63) is 46.2 Å². The van der Waals surface area contributed by atoms with E-state index in [2.05, 4.69) is 5.10 Å². The summed E-state index contributed by atoms with van der Waals surface area (Å²) in [6.07, 6.45) is 1.62. The number of halogens is 1. The lowest BCUT2D eigenvalue weighted by Crippen LogP contribution is -2.13. The minimum absolute atomic E-state index is 0.0195. The largest absolute Gasteiger partial charge is 0.496 e. The van der Waals surface area contributed by atoms with Crippen LogP contribution in [0.2, 0.25) is 5.02 Å². The summed E-state index contributed by atoms with van der Waals surface area (Å²) in [5, 5.41) is 12.4. The maximum absolute atomic E-state index is 7.56. The number of benzene rings is 1. The van der Waals surface area contributed by atoms with E-state index in [1.807, 2.05) is 19.1 Å². The Labute approximate surface area is 116 Å². The molecule has 0 amide bonds. The van der Waals surface area contributed by atoms with E-state index in [9.17, 15) is 0 Å². The Hall–Kier alpha value is -2.01. The van der Waals surface area contributed by atoms with Gasteiger partial charge in [0.15, 0.2) is 0 Å². The van der Waals surface area contributed by atoms with E-state index in [0.717, 1.165) is 11.3 Å². The number of nitrogens with two attached hydrogens (primary N) is 1. The predicted molar refractivity (Wildman–Crippen MR) is 75.1 cm³/mol. The summed E-state index contributed by atoms with van der Waals surface area (Å²) in [4.78, 5) is 0. The lowest BCUT2D eigenvalue weighted by molar-refractivity contribution is 0.413. The van der Waals surface area contributed by atoms with Crippen molar-refractivity contribution in [2.45, 2.75) is 13.5 Å². The summed E-state index contributed by atoms with van der Waals surface area (Å²) >= 11 is 5.97. The van der Waals surface area contributed by atoms with Crippen molar-refractivity contribution in [3.63, 3.8) is 0 Å². The average molecular weight is 279 g/mol. The molecule has 0 saturated heterocycles. The average Bonchev–Trinajstić information content (AvgIpc) is 2.70. The first-order chi connectivity index (χ1) is 9.02. The second-order valence-electron chi connectivity index (χ2n) is 4.18. The molecule has 5 nitrogen and oxygen atoms in total. The Balaban J connectivity index is 2.34. The number of nitrogens with one attached hydrogen (secondary N) is 1. The molecular formula is C13H15ClN4O. The highest BCUT2D eigenvalue weighted by molar-refractivity contribution is 6.31. The molecule has 0 spiro atoms. The topological polar surface area (TPSA) is 76.9 Å². The first-order valence-electron chi connectivity index (χ1n) is 5.72. The fraction of sp³-hybridized carbons (Fsp3) is 0.231. The van der Waals surface area contributed by atoms with Crippen LogP contribution >= 0.6 is 11.6 Å². The highest BCUT2D eigenvalue weighted by Gasteiger charge is 2.09. The molecule has 0 aliphatic heterocycles. The van der Waals surface area contributed by atoms with Gasteiger partial charge in [-0.15, -0.1) is 0 Å². The summed E-state index contributed by atoms with van der Waals surface area (Å²) in [6, 6.07) is 5.54. The first kappa shape index (κ1) is 13.4.